The van der Waals surface area contributed by atoms with Crippen LogP contribution in [0, 0.1) is 0 Å². The number of aromatic nitrogens is 5. The summed E-state index contributed by atoms with van der Waals surface area (Å²) < 4.78 is 2.61. The Hall–Kier alpha value is -4.06. The minimum atomic E-state index is -0.349. The first kappa shape index (κ1) is 17.1. The normalized spacial score (nSPS) is 11.0. The Balaban J connectivity index is 1.74. The lowest BCUT2D eigenvalue weighted by Crippen LogP contribution is -2.29. The van der Waals surface area contributed by atoms with Crippen molar-refractivity contribution in [2.75, 3.05) is 0 Å². The molecule has 0 unspecified atom stereocenters. The highest BCUT2D eigenvalue weighted by Gasteiger charge is 2.19. The number of nitrogens with zero attached hydrogens (tertiary/aromatic N) is 5. The number of hydrogen-bond donors (Lipinski definition) is 0. The van der Waals surface area contributed by atoms with Crippen LogP contribution >= 0.6 is 0 Å². The molecular formula is C23H17N5O. The fraction of sp³-hybridized carbons (Fsp3) is 0.0435. The van der Waals surface area contributed by atoms with Gasteiger partial charge < -0.3 is 0 Å². The van der Waals surface area contributed by atoms with E-state index in [9.17, 15) is 4.79 Å². The molecule has 5 aromatic rings. The monoisotopic (exact) mass is 379 g/mol. The average Bonchev–Trinajstić information content (AvgIpc) is 3.15. The summed E-state index contributed by atoms with van der Waals surface area (Å²) in [5.41, 5.74) is 4.45. The van der Waals surface area contributed by atoms with Gasteiger partial charge in [-0.3, -0.25) is 0 Å². The maximum atomic E-state index is 13.1. The molecule has 0 aliphatic heterocycles. The standard InChI is InChI=1S/C23H17N5O/c29-23-27(19-14-8-3-9-15-19)26-24-22-21(18-12-6-2-7-13-18)20(25-28(22)23)16-17-10-4-1-5-11-17/h1-15H,16H2. The van der Waals surface area contributed by atoms with Crippen molar-refractivity contribution in [1.29, 1.82) is 0 Å². The maximum Gasteiger partial charge on any atom is 0.373 e. The molecule has 5 rings (SSSR count). The molecule has 6 heteroatoms. The van der Waals surface area contributed by atoms with Gasteiger partial charge in [0.05, 0.1) is 16.9 Å². The van der Waals surface area contributed by atoms with Gasteiger partial charge in [-0.15, -0.1) is 5.10 Å². The van der Waals surface area contributed by atoms with Crippen molar-refractivity contribution in [2.45, 2.75) is 6.42 Å². The highest BCUT2D eigenvalue weighted by atomic mass is 16.2. The van der Waals surface area contributed by atoms with Gasteiger partial charge >= 0.3 is 5.69 Å². The second-order valence-corrected chi connectivity index (χ2v) is 6.70. The molecule has 0 saturated carbocycles. The quantitative estimate of drug-likeness (QED) is 0.479. The first-order valence-corrected chi connectivity index (χ1v) is 9.33. The van der Waals surface area contributed by atoms with Crippen molar-refractivity contribution >= 4 is 5.65 Å². The Kier molecular flexibility index (Phi) is 4.22. The Labute approximate surface area is 166 Å². The number of rotatable bonds is 4. The molecule has 6 nitrogen and oxygen atoms in total. The second kappa shape index (κ2) is 7.16. The van der Waals surface area contributed by atoms with E-state index in [2.05, 4.69) is 15.4 Å². The van der Waals surface area contributed by atoms with Gasteiger partial charge in [0, 0.05) is 6.42 Å². The summed E-state index contributed by atoms with van der Waals surface area (Å²) in [4.78, 5) is 13.1. The van der Waals surface area contributed by atoms with Gasteiger partial charge in [0.2, 0.25) is 0 Å². The zero-order valence-electron chi connectivity index (χ0n) is 15.5. The van der Waals surface area contributed by atoms with E-state index in [1.807, 2.05) is 91.0 Å². The van der Waals surface area contributed by atoms with E-state index in [0.29, 0.717) is 17.8 Å². The van der Waals surface area contributed by atoms with Gasteiger partial charge in [-0.05, 0) is 23.3 Å². The molecule has 0 amide bonds. The predicted octanol–water partition coefficient (Wildman–Crippen LogP) is 3.53. The first-order chi connectivity index (χ1) is 14.3. The van der Waals surface area contributed by atoms with Gasteiger partial charge in [0.15, 0.2) is 5.65 Å². The summed E-state index contributed by atoms with van der Waals surface area (Å²) in [6.45, 7) is 0. The van der Waals surface area contributed by atoms with Gasteiger partial charge in [0.1, 0.15) is 0 Å². The van der Waals surface area contributed by atoms with Crippen LogP contribution in [0.4, 0.5) is 0 Å². The maximum absolute atomic E-state index is 13.1. The lowest BCUT2D eigenvalue weighted by molar-refractivity contribution is 0.647. The summed E-state index contributed by atoms with van der Waals surface area (Å²) in [5, 5.41) is 13.2. The molecular weight excluding hydrogens is 362 g/mol. The zero-order chi connectivity index (χ0) is 19.6. The molecule has 2 heterocycles. The van der Waals surface area contributed by atoms with Crippen LogP contribution in [-0.2, 0) is 6.42 Å². The molecule has 0 N–H and O–H groups in total. The van der Waals surface area contributed by atoms with Crippen molar-refractivity contribution in [2.24, 2.45) is 0 Å². The van der Waals surface area contributed by atoms with E-state index in [4.69, 9.17) is 0 Å². The molecule has 0 atom stereocenters. The highest BCUT2D eigenvalue weighted by molar-refractivity contribution is 5.79. The van der Waals surface area contributed by atoms with Crippen LogP contribution in [0.1, 0.15) is 11.3 Å². The largest absolute Gasteiger partial charge is 0.373 e. The molecule has 0 saturated heterocycles. The number of benzene rings is 3. The van der Waals surface area contributed by atoms with E-state index in [1.165, 1.54) is 9.20 Å². The Morgan fingerprint density at radius 2 is 1.38 bits per heavy atom. The van der Waals surface area contributed by atoms with Crippen LogP contribution in [0.3, 0.4) is 0 Å². The van der Waals surface area contributed by atoms with Crippen molar-refractivity contribution in [1.82, 2.24) is 24.6 Å². The van der Waals surface area contributed by atoms with Crippen molar-refractivity contribution < 1.29 is 0 Å². The minimum absolute atomic E-state index is 0.349. The Bertz CT molecular complexity index is 1330. The topological polar surface area (TPSA) is 65.1 Å². The van der Waals surface area contributed by atoms with Gasteiger partial charge in [0.25, 0.3) is 0 Å². The third kappa shape index (κ3) is 3.10. The number of fused-ring (bicyclic) bond motifs is 1. The van der Waals surface area contributed by atoms with Crippen LogP contribution in [0.5, 0.6) is 0 Å². The summed E-state index contributed by atoms with van der Waals surface area (Å²) >= 11 is 0. The van der Waals surface area contributed by atoms with E-state index < -0.39 is 0 Å². The zero-order valence-corrected chi connectivity index (χ0v) is 15.5. The number of para-hydroxylation sites is 1. The molecule has 0 fully saturated rings. The van der Waals surface area contributed by atoms with Crippen LogP contribution in [0.2, 0.25) is 0 Å². The Morgan fingerprint density at radius 3 is 2.07 bits per heavy atom. The van der Waals surface area contributed by atoms with Crippen LogP contribution < -0.4 is 5.69 Å². The summed E-state index contributed by atoms with van der Waals surface area (Å²) in [7, 11) is 0. The smallest absolute Gasteiger partial charge is 0.243 e. The second-order valence-electron chi connectivity index (χ2n) is 6.70. The molecule has 0 aliphatic rings. The first-order valence-electron chi connectivity index (χ1n) is 9.33. The predicted molar refractivity (Wildman–Crippen MR) is 111 cm³/mol. The van der Waals surface area contributed by atoms with Gasteiger partial charge in [-0.25, -0.2) is 4.79 Å². The minimum Gasteiger partial charge on any atom is -0.243 e. The summed E-state index contributed by atoms with van der Waals surface area (Å²) in [6, 6.07) is 29.2. The molecule has 0 bridgehead atoms. The molecule has 3 aromatic carbocycles. The van der Waals surface area contributed by atoms with Crippen LogP contribution in [0.15, 0.2) is 95.8 Å². The molecule has 2 aromatic heterocycles. The number of hydrogen-bond acceptors (Lipinski definition) is 4. The van der Waals surface area contributed by atoms with Gasteiger partial charge in [-0.1, -0.05) is 84.1 Å². The fourth-order valence-electron chi connectivity index (χ4n) is 3.44. The van der Waals surface area contributed by atoms with E-state index in [0.717, 1.165) is 22.4 Å². The molecule has 0 aliphatic carbocycles. The van der Waals surface area contributed by atoms with Gasteiger partial charge in [-0.2, -0.15) is 14.3 Å². The molecule has 0 radical (unpaired) electrons. The van der Waals surface area contributed by atoms with Crippen LogP contribution in [-0.4, -0.2) is 24.6 Å². The van der Waals surface area contributed by atoms with Crippen molar-refractivity contribution in [3.63, 3.8) is 0 Å². The van der Waals surface area contributed by atoms with Crippen molar-refractivity contribution in [3.8, 4) is 16.8 Å². The van der Waals surface area contributed by atoms with Crippen LogP contribution in [0.25, 0.3) is 22.5 Å². The fourth-order valence-corrected chi connectivity index (χ4v) is 3.44. The molecule has 29 heavy (non-hydrogen) atoms. The summed E-state index contributed by atoms with van der Waals surface area (Å²) in [5.74, 6) is 0. The molecule has 0 spiro atoms. The third-order valence-corrected chi connectivity index (χ3v) is 4.80. The van der Waals surface area contributed by atoms with E-state index in [-0.39, 0.29) is 5.69 Å². The average molecular weight is 379 g/mol. The Morgan fingerprint density at radius 1 is 0.759 bits per heavy atom. The highest BCUT2D eigenvalue weighted by Crippen LogP contribution is 2.28. The third-order valence-electron chi connectivity index (χ3n) is 4.80. The SMILES string of the molecule is O=c1n(-c2ccccc2)nnc2c(-c3ccccc3)c(Cc3ccccc3)nn12. The lowest BCUT2D eigenvalue weighted by Gasteiger charge is -2.04. The van der Waals surface area contributed by atoms with E-state index in [1.54, 1.807) is 0 Å². The lowest BCUT2D eigenvalue weighted by atomic mass is 10.0. The van der Waals surface area contributed by atoms with Crippen molar-refractivity contribution in [3.05, 3.63) is 113 Å². The van der Waals surface area contributed by atoms with E-state index >= 15 is 0 Å². The molecule has 140 valence electrons. The summed E-state index contributed by atoms with van der Waals surface area (Å²) in [6.07, 6.45) is 0.596.